The molecule has 0 aliphatic heterocycles. The average Bonchev–Trinajstić information content (AvgIpc) is 3.54. The van der Waals surface area contributed by atoms with Gasteiger partial charge in [-0.25, -0.2) is 0 Å². The number of nitrogens with zero attached hydrogens (tertiary/aromatic N) is 5. The van der Waals surface area contributed by atoms with E-state index in [-0.39, 0.29) is 23.8 Å². The Morgan fingerprint density at radius 1 is 1.11 bits per heavy atom. The molecule has 0 fully saturated rings. The quantitative estimate of drug-likeness (QED) is 0.306. The van der Waals surface area contributed by atoms with Gasteiger partial charge in [0.25, 0.3) is 11.4 Å². The molecule has 0 spiro atoms. The van der Waals surface area contributed by atoms with E-state index < -0.39 is 17.5 Å². The summed E-state index contributed by atoms with van der Waals surface area (Å²) in [6, 6.07) is 14.5. The maximum Gasteiger partial charge on any atom is 0.270 e. The normalized spacial score (nSPS) is 12.2. The molecule has 0 saturated carbocycles. The Kier molecular flexibility index (Phi) is 6.72. The van der Waals surface area contributed by atoms with E-state index >= 15 is 0 Å². The molecular formula is C27H27N5O5. The van der Waals surface area contributed by atoms with Crippen LogP contribution in [0.5, 0.6) is 11.6 Å². The van der Waals surface area contributed by atoms with E-state index in [1.54, 1.807) is 11.7 Å². The number of methoxy groups -OCH3 is 1. The molecule has 190 valence electrons. The van der Waals surface area contributed by atoms with Gasteiger partial charge in [-0.15, -0.1) is 10.2 Å². The minimum Gasteiger partial charge on any atom is -0.496 e. The topological polar surface area (TPSA) is 129 Å². The van der Waals surface area contributed by atoms with Crippen molar-refractivity contribution in [2.45, 2.75) is 45.6 Å². The van der Waals surface area contributed by atoms with Gasteiger partial charge in [0.05, 0.1) is 19.6 Å². The van der Waals surface area contributed by atoms with Gasteiger partial charge >= 0.3 is 0 Å². The van der Waals surface area contributed by atoms with Crippen molar-refractivity contribution in [1.82, 2.24) is 24.9 Å². The molecule has 1 atom stereocenters. The van der Waals surface area contributed by atoms with E-state index in [4.69, 9.17) is 13.7 Å². The van der Waals surface area contributed by atoms with Crippen molar-refractivity contribution in [3.63, 3.8) is 0 Å². The third-order valence-electron chi connectivity index (χ3n) is 6.35. The lowest BCUT2D eigenvalue weighted by Gasteiger charge is -2.22. The summed E-state index contributed by atoms with van der Waals surface area (Å²) < 4.78 is 18.3. The fourth-order valence-electron chi connectivity index (χ4n) is 4.45. The van der Waals surface area contributed by atoms with E-state index in [9.17, 15) is 9.90 Å². The van der Waals surface area contributed by atoms with Gasteiger partial charge in [-0.2, -0.15) is 4.98 Å². The van der Waals surface area contributed by atoms with Gasteiger partial charge in [-0.05, 0) is 31.5 Å². The molecule has 0 radical (unpaired) electrons. The van der Waals surface area contributed by atoms with Crippen LogP contribution in [-0.4, -0.2) is 37.1 Å². The first-order valence-electron chi connectivity index (χ1n) is 12.1. The van der Waals surface area contributed by atoms with Crippen molar-refractivity contribution in [2.75, 3.05) is 7.11 Å². The van der Waals surface area contributed by atoms with Gasteiger partial charge in [0.1, 0.15) is 17.3 Å². The number of aryl methyl sites for hydroxylation is 1. The number of rotatable bonds is 9. The maximum atomic E-state index is 13.9. The molecule has 3 aromatic heterocycles. The molecule has 10 nitrogen and oxygen atoms in total. The van der Waals surface area contributed by atoms with Crippen LogP contribution in [0.1, 0.15) is 55.7 Å². The van der Waals surface area contributed by atoms with Crippen LogP contribution in [0.25, 0.3) is 22.4 Å². The summed E-state index contributed by atoms with van der Waals surface area (Å²) in [4.78, 5) is 18.3. The summed E-state index contributed by atoms with van der Waals surface area (Å²) in [6.45, 7) is 3.95. The predicted molar refractivity (Wildman–Crippen MR) is 136 cm³/mol. The van der Waals surface area contributed by atoms with Crippen molar-refractivity contribution < 1.29 is 18.8 Å². The Labute approximate surface area is 212 Å². The van der Waals surface area contributed by atoms with E-state index in [0.29, 0.717) is 29.3 Å². The molecule has 37 heavy (non-hydrogen) atoms. The first-order chi connectivity index (χ1) is 18.0. The van der Waals surface area contributed by atoms with Gasteiger partial charge in [0.15, 0.2) is 11.1 Å². The third-order valence-corrected chi connectivity index (χ3v) is 6.35. The molecule has 0 aliphatic rings. The highest BCUT2D eigenvalue weighted by molar-refractivity contribution is 5.79. The summed E-state index contributed by atoms with van der Waals surface area (Å²) in [7, 11) is 1.59. The molecule has 3 heterocycles. The number of benzene rings is 2. The van der Waals surface area contributed by atoms with Crippen LogP contribution in [0.3, 0.4) is 0 Å². The van der Waals surface area contributed by atoms with Crippen molar-refractivity contribution in [3.8, 4) is 23.1 Å². The smallest absolute Gasteiger partial charge is 0.270 e. The molecule has 5 rings (SSSR count). The number of hydrogen-bond donors (Lipinski definition) is 1. The largest absolute Gasteiger partial charge is 0.496 e. The second kappa shape index (κ2) is 10.3. The minimum atomic E-state index is -0.473. The second-order valence-electron chi connectivity index (χ2n) is 8.73. The highest BCUT2D eigenvalue weighted by Gasteiger charge is 2.26. The van der Waals surface area contributed by atoms with Gasteiger partial charge in [-0.3, -0.25) is 9.36 Å². The highest BCUT2D eigenvalue weighted by Crippen LogP contribution is 2.31. The number of aromatic hydroxyl groups is 1. The Hall–Kier alpha value is -4.47. The third kappa shape index (κ3) is 4.57. The zero-order valence-electron chi connectivity index (χ0n) is 20.8. The highest BCUT2D eigenvalue weighted by atomic mass is 16.5. The minimum absolute atomic E-state index is 0.110. The molecule has 0 bridgehead atoms. The predicted octanol–water partition coefficient (Wildman–Crippen LogP) is 4.69. The molecule has 0 amide bonds. The van der Waals surface area contributed by atoms with Crippen molar-refractivity contribution in [3.05, 3.63) is 81.9 Å². The Morgan fingerprint density at radius 3 is 2.70 bits per heavy atom. The number of para-hydroxylation sites is 2. The summed E-state index contributed by atoms with van der Waals surface area (Å²) in [5, 5.41) is 23.9. The van der Waals surface area contributed by atoms with Crippen LogP contribution >= 0.6 is 0 Å². The lowest BCUT2D eigenvalue weighted by Crippen LogP contribution is -2.30. The maximum absolute atomic E-state index is 13.9. The molecular weight excluding hydrogens is 474 g/mol. The Bertz CT molecular complexity index is 1600. The van der Waals surface area contributed by atoms with Gasteiger partial charge in [0.2, 0.25) is 11.8 Å². The van der Waals surface area contributed by atoms with E-state index in [1.807, 2.05) is 55.5 Å². The van der Waals surface area contributed by atoms with Crippen LogP contribution < -0.4 is 10.3 Å². The fourth-order valence-corrected chi connectivity index (χ4v) is 4.45. The van der Waals surface area contributed by atoms with E-state index in [1.165, 1.54) is 0 Å². The molecule has 1 N–H and O–H groups in total. The van der Waals surface area contributed by atoms with Gasteiger partial charge in [-0.1, -0.05) is 48.8 Å². The molecule has 10 heteroatoms. The Balaban J connectivity index is 1.57. The molecule has 2 aromatic carbocycles. The van der Waals surface area contributed by atoms with Crippen LogP contribution in [-0.2, 0) is 12.8 Å². The van der Waals surface area contributed by atoms with Crippen molar-refractivity contribution >= 4 is 11.0 Å². The summed E-state index contributed by atoms with van der Waals surface area (Å²) >= 11 is 0. The average molecular weight is 502 g/mol. The number of aromatic nitrogens is 5. The Morgan fingerprint density at radius 2 is 1.89 bits per heavy atom. The first-order valence-corrected chi connectivity index (χ1v) is 12.1. The van der Waals surface area contributed by atoms with E-state index in [0.717, 1.165) is 23.8 Å². The monoisotopic (exact) mass is 501 g/mol. The zero-order valence-corrected chi connectivity index (χ0v) is 20.8. The zero-order chi connectivity index (χ0) is 25.9. The molecule has 0 saturated heterocycles. The van der Waals surface area contributed by atoms with Crippen molar-refractivity contribution in [1.29, 1.82) is 0 Å². The van der Waals surface area contributed by atoms with E-state index in [2.05, 4.69) is 27.3 Å². The van der Waals surface area contributed by atoms with Crippen LogP contribution in [0.4, 0.5) is 0 Å². The van der Waals surface area contributed by atoms with Gasteiger partial charge in [0, 0.05) is 17.4 Å². The molecule has 0 aliphatic carbocycles. The van der Waals surface area contributed by atoms with Crippen LogP contribution in [0.2, 0.25) is 0 Å². The van der Waals surface area contributed by atoms with Crippen molar-refractivity contribution in [2.24, 2.45) is 0 Å². The first kappa shape index (κ1) is 24.2. The molecule has 0 unspecified atom stereocenters. The summed E-state index contributed by atoms with van der Waals surface area (Å²) in [6.07, 6.45) is 2.44. The second-order valence-corrected chi connectivity index (χ2v) is 8.73. The number of unbranched alkanes of at least 4 members (excludes halogenated alkanes) is 1. The number of ether oxygens (including phenoxy) is 1. The molecule has 5 aromatic rings. The number of hydrogen-bond acceptors (Lipinski definition) is 9. The summed E-state index contributed by atoms with van der Waals surface area (Å²) in [5.74, 6) is 0.799. The lowest BCUT2D eigenvalue weighted by molar-refractivity contribution is 0.398. The number of fused-ring (bicyclic) bond motifs is 1. The SMILES string of the molecule is CCCCc1nc(O)c(-c2nnc(Cc3noc4ccccc34)o2)c(=O)n1[C@H](C)c1ccccc1OC. The van der Waals surface area contributed by atoms with Crippen LogP contribution in [0, 0.1) is 0 Å². The van der Waals surface area contributed by atoms with Crippen LogP contribution in [0.15, 0.2) is 62.3 Å². The standard InChI is InChI=1S/C27H27N5O5/c1-4-5-14-22-28-25(33)24(27(34)32(22)16(2)17-10-6-8-12-20(17)35-3)26-30-29-23(36-26)15-19-18-11-7-9-13-21(18)37-31-19/h6-13,16,33H,4-5,14-15H2,1-3H3/t16-/m1/s1. The van der Waals surface area contributed by atoms with Gasteiger partial charge < -0.3 is 18.8 Å². The lowest BCUT2D eigenvalue weighted by atomic mass is 10.1. The fraction of sp³-hybridized carbons (Fsp3) is 0.296. The summed E-state index contributed by atoms with van der Waals surface area (Å²) in [5.41, 5.74) is 1.47.